The number of hydrogen-bond acceptors (Lipinski definition) is 1. The van der Waals surface area contributed by atoms with Crippen LogP contribution < -0.4 is 5.32 Å². The van der Waals surface area contributed by atoms with E-state index in [0.717, 1.165) is 32.4 Å². The minimum absolute atomic E-state index is 0.115. The fraction of sp³-hybridized carbons (Fsp3) is 1.00. The van der Waals surface area contributed by atoms with Gasteiger partial charge in [-0.05, 0) is 50.0 Å². The van der Waals surface area contributed by atoms with Crippen LogP contribution in [0.3, 0.4) is 0 Å². The summed E-state index contributed by atoms with van der Waals surface area (Å²) in [7, 11) is 0. The van der Waals surface area contributed by atoms with E-state index in [-0.39, 0.29) is 18.8 Å². The average molecular weight is 245 g/mol. The van der Waals surface area contributed by atoms with Crippen LogP contribution in [0.15, 0.2) is 0 Å². The highest BCUT2D eigenvalue weighted by molar-refractivity contribution is 4.93. The lowest BCUT2D eigenvalue weighted by atomic mass is 9.62. The van der Waals surface area contributed by atoms with Gasteiger partial charge in [-0.25, -0.2) is 8.78 Å². The van der Waals surface area contributed by atoms with Gasteiger partial charge in [-0.15, -0.1) is 0 Å². The minimum Gasteiger partial charge on any atom is -0.316 e. The SMILES string of the molecule is CCNCC1(CC2CCCC(F)(F)C2)CCC1. The standard InChI is InChI=1S/C14H25F2N/c1-2-17-11-13(6-4-7-13)9-12-5-3-8-14(15,16)10-12/h12,17H,2-11H2,1H3. The van der Waals surface area contributed by atoms with Crippen molar-refractivity contribution in [3.05, 3.63) is 0 Å². The van der Waals surface area contributed by atoms with Gasteiger partial charge in [0.15, 0.2) is 0 Å². The van der Waals surface area contributed by atoms with Crippen LogP contribution in [0.2, 0.25) is 0 Å². The van der Waals surface area contributed by atoms with E-state index in [0.29, 0.717) is 5.41 Å². The Morgan fingerprint density at radius 3 is 2.47 bits per heavy atom. The molecule has 1 nitrogen and oxygen atoms in total. The van der Waals surface area contributed by atoms with Crippen molar-refractivity contribution in [3.63, 3.8) is 0 Å². The molecular formula is C14H25F2N. The highest BCUT2D eigenvalue weighted by atomic mass is 19.3. The number of halogens is 2. The molecule has 0 amide bonds. The average Bonchev–Trinajstić information content (AvgIpc) is 2.20. The third kappa shape index (κ3) is 3.40. The fourth-order valence-corrected chi connectivity index (χ4v) is 3.58. The second-order valence-corrected chi connectivity index (χ2v) is 6.16. The molecule has 0 spiro atoms. The van der Waals surface area contributed by atoms with E-state index in [1.807, 2.05) is 0 Å². The van der Waals surface area contributed by atoms with Crippen LogP contribution in [-0.4, -0.2) is 19.0 Å². The van der Waals surface area contributed by atoms with Crippen molar-refractivity contribution in [3.8, 4) is 0 Å². The largest absolute Gasteiger partial charge is 0.316 e. The lowest BCUT2D eigenvalue weighted by Crippen LogP contribution is -2.42. The summed E-state index contributed by atoms with van der Waals surface area (Å²) >= 11 is 0. The van der Waals surface area contributed by atoms with Crippen molar-refractivity contribution in [2.75, 3.05) is 13.1 Å². The summed E-state index contributed by atoms with van der Waals surface area (Å²) in [4.78, 5) is 0. The zero-order valence-electron chi connectivity index (χ0n) is 10.9. The van der Waals surface area contributed by atoms with Crippen LogP contribution in [0.1, 0.15) is 58.3 Å². The van der Waals surface area contributed by atoms with Crippen molar-refractivity contribution < 1.29 is 8.78 Å². The van der Waals surface area contributed by atoms with Crippen molar-refractivity contribution in [2.24, 2.45) is 11.3 Å². The van der Waals surface area contributed by atoms with Gasteiger partial charge in [0.05, 0.1) is 0 Å². The molecule has 2 aliphatic carbocycles. The second kappa shape index (κ2) is 5.21. The van der Waals surface area contributed by atoms with E-state index < -0.39 is 5.92 Å². The summed E-state index contributed by atoms with van der Waals surface area (Å²) in [5, 5.41) is 3.41. The second-order valence-electron chi connectivity index (χ2n) is 6.16. The molecule has 0 aromatic heterocycles. The molecule has 0 aromatic rings. The molecule has 1 unspecified atom stereocenters. The van der Waals surface area contributed by atoms with Crippen LogP contribution in [0.4, 0.5) is 8.78 Å². The van der Waals surface area contributed by atoms with E-state index >= 15 is 0 Å². The molecule has 3 heteroatoms. The van der Waals surface area contributed by atoms with Crippen molar-refractivity contribution >= 4 is 0 Å². The zero-order chi connectivity index (χ0) is 12.4. The molecule has 0 aromatic carbocycles. The third-order valence-electron chi connectivity index (χ3n) is 4.63. The topological polar surface area (TPSA) is 12.0 Å². The molecule has 0 aliphatic heterocycles. The zero-order valence-corrected chi connectivity index (χ0v) is 10.9. The maximum Gasteiger partial charge on any atom is 0.248 e. The Morgan fingerprint density at radius 1 is 1.18 bits per heavy atom. The van der Waals surface area contributed by atoms with Crippen LogP contribution >= 0.6 is 0 Å². The Kier molecular flexibility index (Phi) is 4.06. The van der Waals surface area contributed by atoms with Crippen LogP contribution in [0, 0.1) is 11.3 Å². The first-order chi connectivity index (χ1) is 8.05. The van der Waals surface area contributed by atoms with Gasteiger partial charge in [0, 0.05) is 19.4 Å². The van der Waals surface area contributed by atoms with Crippen molar-refractivity contribution in [1.82, 2.24) is 5.32 Å². The molecule has 0 saturated heterocycles. The van der Waals surface area contributed by atoms with E-state index in [2.05, 4.69) is 12.2 Å². The normalized spacial score (nSPS) is 30.9. The first-order valence-corrected chi connectivity index (χ1v) is 7.14. The smallest absolute Gasteiger partial charge is 0.248 e. The summed E-state index contributed by atoms with van der Waals surface area (Å²) < 4.78 is 26.8. The van der Waals surface area contributed by atoms with E-state index in [9.17, 15) is 8.78 Å². The molecule has 100 valence electrons. The highest BCUT2D eigenvalue weighted by Crippen LogP contribution is 2.49. The number of hydrogen-bond donors (Lipinski definition) is 1. The van der Waals surface area contributed by atoms with Crippen molar-refractivity contribution in [1.29, 1.82) is 0 Å². The molecule has 2 fully saturated rings. The monoisotopic (exact) mass is 245 g/mol. The molecule has 1 N–H and O–H groups in total. The minimum atomic E-state index is -2.38. The Hall–Kier alpha value is -0.180. The summed E-state index contributed by atoms with van der Waals surface area (Å²) in [6.07, 6.45) is 6.78. The van der Waals surface area contributed by atoms with Gasteiger partial charge in [0.25, 0.3) is 0 Å². The molecule has 0 heterocycles. The summed E-state index contributed by atoms with van der Waals surface area (Å²) in [5.41, 5.74) is 0.355. The van der Waals surface area contributed by atoms with Gasteiger partial charge in [0.1, 0.15) is 0 Å². The first-order valence-electron chi connectivity index (χ1n) is 7.14. The summed E-state index contributed by atoms with van der Waals surface area (Å²) in [5.74, 6) is -2.12. The van der Waals surface area contributed by atoms with E-state index in [1.165, 1.54) is 19.3 Å². The van der Waals surface area contributed by atoms with Crippen LogP contribution in [0.25, 0.3) is 0 Å². The summed E-state index contributed by atoms with van der Waals surface area (Å²) in [6, 6.07) is 0. The number of rotatable bonds is 5. The molecular weight excluding hydrogens is 220 g/mol. The van der Waals surface area contributed by atoms with Gasteiger partial charge in [-0.2, -0.15) is 0 Å². The Balaban J connectivity index is 1.85. The predicted molar refractivity (Wildman–Crippen MR) is 66.3 cm³/mol. The quantitative estimate of drug-likeness (QED) is 0.772. The van der Waals surface area contributed by atoms with Gasteiger partial charge >= 0.3 is 0 Å². The lowest BCUT2D eigenvalue weighted by molar-refractivity contribution is -0.0644. The molecule has 2 rings (SSSR count). The highest BCUT2D eigenvalue weighted by Gasteiger charge is 2.43. The van der Waals surface area contributed by atoms with Gasteiger partial charge in [0.2, 0.25) is 5.92 Å². The molecule has 0 bridgehead atoms. The maximum absolute atomic E-state index is 13.4. The van der Waals surface area contributed by atoms with Gasteiger partial charge in [-0.1, -0.05) is 13.3 Å². The molecule has 2 saturated carbocycles. The number of nitrogens with one attached hydrogen (secondary N) is 1. The molecule has 1 atom stereocenters. The van der Waals surface area contributed by atoms with Gasteiger partial charge in [-0.3, -0.25) is 0 Å². The predicted octanol–water partition coefficient (Wildman–Crippen LogP) is 3.98. The van der Waals surface area contributed by atoms with Crippen LogP contribution in [0.5, 0.6) is 0 Å². The van der Waals surface area contributed by atoms with Crippen molar-refractivity contribution in [2.45, 2.75) is 64.2 Å². The maximum atomic E-state index is 13.4. The first kappa shape index (κ1) is 13.3. The summed E-state index contributed by atoms with van der Waals surface area (Å²) in [6.45, 7) is 4.13. The lowest BCUT2D eigenvalue weighted by Gasteiger charge is -2.45. The molecule has 0 radical (unpaired) electrons. The van der Waals surface area contributed by atoms with Crippen LogP contribution in [-0.2, 0) is 0 Å². The Bertz CT molecular complexity index is 249. The fourth-order valence-electron chi connectivity index (χ4n) is 3.58. The van der Waals surface area contributed by atoms with E-state index in [4.69, 9.17) is 0 Å². The van der Waals surface area contributed by atoms with E-state index in [1.54, 1.807) is 0 Å². The third-order valence-corrected chi connectivity index (χ3v) is 4.63. The molecule has 17 heavy (non-hydrogen) atoms. The number of alkyl halides is 2. The van der Waals surface area contributed by atoms with Gasteiger partial charge < -0.3 is 5.32 Å². The Morgan fingerprint density at radius 2 is 1.94 bits per heavy atom. The molecule has 2 aliphatic rings. The Labute approximate surface area is 103 Å².